The van der Waals surface area contributed by atoms with E-state index in [4.69, 9.17) is 21.1 Å². The van der Waals surface area contributed by atoms with Crippen LogP contribution in [-0.4, -0.2) is 80.7 Å². The third kappa shape index (κ3) is 7.57. The van der Waals surface area contributed by atoms with Crippen LogP contribution in [0.1, 0.15) is 24.2 Å². The van der Waals surface area contributed by atoms with Gasteiger partial charge in [0.15, 0.2) is 0 Å². The number of ether oxygens (including phenoxy) is 2. The number of aliphatic hydroxyl groups is 1. The summed E-state index contributed by atoms with van der Waals surface area (Å²) in [5.74, 6) is 0.189. The van der Waals surface area contributed by atoms with Crippen molar-refractivity contribution < 1.29 is 32.6 Å². The number of urea groups is 1. The van der Waals surface area contributed by atoms with Crippen molar-refractivity contribution in [3.8, 4) is 11.5 Å². The first-order chi connectivity index (χ1) is 20.4. The van der Waals surface area contributed by atoms with Gasteiger partial charge in [-0.1, -0.05) is 18.5 Å². The summed E-state index contributed by atoms with van der Waals surface area (Å²) in [4.78, 5) is 28.0. The Morgan fingerprint density at radius 2 is 1.74 bits per heavy atom. The molecule has 3 N–H and O–H groups in total. The first kappa shape index (κ1) is 32.1. The van der Waals surface area contributed by atoms with Crippen LogP contribution in [0.4, 0.5) is 16.2 Å². The fourth-order valence-electron chi connectivity index (χ4n) is 4.62. The highest BCUT2D eigenvalue weighted by atomic mass is 35.5. The summed E-state index contributed by atoms with van der Waals surface area (Å²) in [7, 11) is -0.845. The Hall–Kier alpha value is -3.84. The first-order valence-electron chi connectivity index (χ1n) is 13.6. The van der Waals surface area contributed by atoms with Gasteiger partial charge in [0.25, 0.3) is 5.91 Å². The second-order valence-electron chi connectivity index (χ2n) is 10.4. The molecule has 0 aromatic heterocycles. The minimum absolute atomic E-state index is 0.00856. The van der Waals surface area contributed by atoms with Gasteiger partial charge in [-0.3, -0.25) is 4.79 Å². The summed E-state index contributed by atoms with van der Waals surface area (Å²) in [5, 5.41) is 15.8. The van der Waals surface area contributed by atoms with Gasteiger partial charge < -0.3 is 30.1 Å². The van der Waals surface area contributed by atoms with Crippen LogP contribution in [0.25, 0.3) is 0 Å². The van der Waals surface area contributed by atoms with Gasteiger partial charge in [-0.2, -0.15) is 4.31 Å². The number of hydrogen-bond donors (Lipinski definition) is 3. The maximum absolute atomic E-state index is 13.7. The van der Waals surface area contributed by atoms with E-state index < -0.39 is 28.2 Å². The van der Waals surface area contributed by atoms with Crippen molar-refractivity contribution in [2.45, 2.75) is 30.9 Å². The molecule has 1 aliphatic heterocycles. The minimum Gasteiger partial charge on any atom is -0.497 e. The van der Waals surface area contributed by atoms with E-state index in [1.807, 2.05) is 6.92 Å². The second-order valence-corrected chi connectivity index (χ2v) is 12.9. The number of anilines is 2. The quantitative estimate of drug-likeness (QED) is 0.316. The molecule has 0 aliphatic carbocycles. The van der Waals surface area contributed by atoms with Crippen LogP contribution in [0.3, 0.4) is 0 Å². The average molecular weight is 631 g/mol. The fraction of sp³-hybridized carbons (Fsp3) is 0.333. The molecule has 13 heteroatoms. The highest BCUT2D eigenvalue weighted by Gasteiger charge is 2.35. The third-order valence-electron chi connectivity index (χ3n) is 7.23. The Morgan fingerprint density at radius 3 is 2.37 bits per heavy atom. The Balaban J connectivity index is 1.59. The molecule has 0 radical (unpaired) electrons. The average Bonchev–Trinajstić information content (AvgIpc) is 2.99. The number of amides is 3. The summed E-state index contributed by atoms with van der Waals surface area (Å²) in [6.45, 7) is 3.51. The van der Waals surface area contributed by atoms with E-state index >= 15 is 0 Å². The van der Waals surface area contributed by atoms with Gasteiger partial charge in [-0.05, 0) is 73.7 Å². The number of nitrogens with zero attached hydrogens (tertiary/aromatic N) is 2. The number of carbonyl (C=O) groups is 2. The smallest absolute Gasteiger partial charge is 0.323 e. The molecule has 0 saturated heterocycles. The van der Waals surface area contributed by atoms with Crippen LogP contribution in [-0.2, 0) is 10.0 Å². The van der Waals surface area contributed by atoms with E-state index in [0.717, 1.165) is 0 Å². The predicted octanol–water partition coefficient (Wildman–Crippen LogP) is 4.53. The standard InChI is InChI=1S/C30H35ClN4O7S/c1-19-16-35(20(2)18-36)29(37)26-15-23(33-30(38)32-22-7-10-24(41-4)11-8-22)9-14-27(26)42-28(19)17-34(3)43(39,40)25-12-5-21(31)6-13-25/h5-15,19-20,28,36H,16-18H2,1-4H3,(H2,32,33,38)/t19-,20-,28+/m0/s1. The monoisotopic (exact) mass is 630 g/mol. The van der Waals surface area contributed by atoms with Crippen LogP contribution in [0.5, 0.6) is 11.5 Å². The largest absolute Gasteiger partial charge is 0.497 e. The second kappa shape index (κ2) is 13.6. The number of methoxy groups -OCH3 is 1. The molecule has 43 heavy (non-hydrogen) atoms. The topological polar surface area (TPSA) is 138 Å². The molecule has 1 heterocycles. The maximum Gasteiger partial charge on any atom is 0.323 e. The van der Waals surface area contributed by atoms with E-state index in [0.29, 0.717) is 22.1 Å². The molecular weight excluding hydrogens is 596 g/mol. The number of fused-ring (bicyclic) bond motifs is 1. The van der Waals surface area contributed by atoms with E-state index in [1.165, 1.54) is 46.6 Å². The lowest BCUT2D eigenvalue weighted by Crippen LogP contribution is -2.50. The van der Waals surface area contributed by atoms with Crippen LogP contribution in [0.2, 0.25) is 5.02 Å². The van der Waals surface area contributed by atoms with Gasteiger partial charge in [0.05, 0.1) is 36.8 Å². The normalized spacial score (nSPS) is 17.7. The lowest BCUT2D eigenvalue weighted by Gasteiger charge is -2.38. The van der Waals surface area contributed by atoms with Crippen LogP contribution >= 0.6 is 11.6 Å². The number of aliphatic hydroxyl groups excluding tert-OH is 1. The zero-order chi connectivity index (χ0) is 31.3. The Kier molecular flexibility index (Phi) is 10.2. The van der Waals surface area contributed by atoms with Crippen molar-refractivity contribution in [2.75, 3.05) is 44.5 Å². The van der Waals surface area contributed by atoms with Crippen LogP contribution in [0, 0.1) is 5.92 Å². The van der Waals surface area contributed by atoms with Crippen molar-refractivity contribution >= 4 is 44.9 Å². The summed E-state index contributed by atoms with van der Waals surface area (Å²) < 4.78 is 39.2. The zero-order valence-corrected chi connectivity index (χ0v) is 25.9. The molecule has 0 saturated carbocycles. The SMILES string of the molecule is COc1ccc(NC(=O)Nc2ccc3c(c2)C(=O)N([C@@H](C)CO)C[C@H](C)[C@@H](CN(C)S(=O)(=O)c2ccc(Cl)cc2)O3)cc1. The Labute approximate surface area is 256 Å². The number of likely N-dealkylation sites (N-methyl/N-ethyl adjacent to an activating group) is 1. The van der Waals surface area contributed by atoms with E-state index in [-0.39, 0.29) is 47.7 Å². The molecular formula is C30H35ClN4O7S. The molecule has 3 aromatic rings. The van der Waals surface area contributed by atoms with E-state index in [2.05, 4.69) is 10.6 Å². The maximum atomic E-state index is 13.7. The predicted molar refractivity (Wildman–Crippen MR) is 165 cm³/mol. The number of sulfonamides is 1. The molecule has 4 rings (SSSR count). The number of rotatable bonds is 9. The molecule has 11 nitrogen and oxygen atoms in total. The third-order valence-corrected chi connectivity index (χ3v) is 9.32. The molecule has 1 aliphatic rings. The van der Waals surface area contributed by atoms with Crippen molar-refractivity contribution in [3.05, 3.63) is 77.3 Å². The lowest BCUT2D eigenvalue weighted by molar-refractivity contribution is 0.0387. The van der Waals surface area contributed by atoms with E-state index in [1.54, 1.807) is 50.4 Å². The van der Waals surface area contributed by atoms with Crippen molar-refractivity contribution in [3.63, 3.8) is 0 Å². The van der Waals surface area contributed by atoms with Gasteiger partial charge in [0, 0.05) is 35.9 Å². The highest BCUT2D eigenvalue weighted by Crippen LogP contribution is 2.31. The zero-order valence-electron chi connectivity index (χ0n) is 24.3. The van der Waals surface area contributed by atoms with Gasteiger partial charge in [0.1, 0.15) is 17.6 Å². The molecule has 3 amide bonds. The molecule has 0 fully saturated rings. The Bertz CT molecular complexity index is 1550. The molecule has 0 spiro atoms. The number of nitrogens with one attached hydrogen (secondary N) is 2. The first-order valence-corrected chi connectivity index (χ1v) is 15.4. The van der Waals surface area contributed by atoms with Crippen molar-refractivity contribution in [1.29, 1.82) is 0 Å². The number of benzene rings is 3. The lowest BCUT2D eigenvalue weighted by atomic mass is 9.99. The van der Waals surface area contributed by atoms with Gasteiger partial charge in [-0.15, -0.1) is 0 Å². The summed E-state index contributed by atoms with van der Waals surface area (Å²) in [6.07, 6.45) is -0.649. The van der Waals surface area contributed by atoms with Crippen molar-refractivity contribution in [1.82, 2.24) is 9.21 Å². The number of hydrogen-bond acceptors (Lipinski definition) is 7. The fourth-order valence-corrected chi connectivity index (χ4v) is 5.93. The van der Waals surface area contributed by atoms with Crippen LogP contribution in [0.15, 0.2) is 71.6 Å². The van der Waals surface area contributed by atoms with Gasteiger partial charge >= 0.3 is 6.03 Å². The summed E-state index contributed by atoms with van der Waals surface area (Å²) in [6, 6.07) is 16.3. The highest BCUT2D eigenvalue weighted by molar-refractivity contribution is 7.89. The molecule has 3 aromatic carbocycles. The van der Waals surface area contributed by atoms with Gasteiger partial charge in [-0.25, -0.2) is 13.2 Å². The molecule has 0 bridgehead atoms. The van der Waals surface area contributed by atoms with E-state index in [9.17, 15) is 23.1 Å². The minimum atomic E-state index is -3.86. The van der Waals surface area contributed by atoms with Gasteiger partial charge in [0.2, 0.25) is 10.0 Å². The number of halogens is 1. The molecule has 230 valence electrons. The summed E-state index contributed by atoms with van der Waals surface area (Å²) >= 11 is 5.94. The molecule has 3 atom stereocenters. The van der Waals surface area contributed by atoms with Crippen LogP contribution < -0.4 is 20.1 Å². The molecule has 0 unspecified atom stereocenters. The van der Waals surface area contributed by atoms with Crippen molar-refractivity contribution in [2.24, 2.45) is 5.92 Å². The Morgan fingerprint density at radius 1 is 1.12 bits per heavy atom. The number of carbonyl (C=O) groups excluding carboxylic acids is 2. The summed E-state index contributed by atoms with van der Waals surface area (Å²) in [5.41, 5.74) is 1.05.